The Bertz CT molecular complexity index is 1280. The third-order valence-electron chi connectivity index (χ3n) is 10.2. The molecule has 3 heteroatoms. The van der Waals surface area contributed by atoms with Crippen LogP contribution in [-0.2, 0) is 25.7 Å². The average molecular weight is 494 g/mol. The minimum absolute atomic E-state index is 0.0136. The van der Waals surface area contributed by atoms with Gasteiger partial charge < -0.3 is 10.8 Å². The number of amides is 1. The molecule has 3 aromatic rings. The van der Waals surface area contributed by atoms with Crippen LogP contribution in [0.5, 0.6) is 0 Å². The van der Waals surface area contributed by atoms with Gasteiger partial charge in [0.05, 0.1) is 6.10 Å². The molecule has 0 saturated heterocycles. The van der Waals surface area contributed by atoms with E-state index in [2.05, 4.69) is 61.5 Å². The Balaban J connectivity index is 1.18. The number of carbonyl (C=O) groups is 1. The summed E-state index contributed by atoms with van der Waals surface area (Å²) in [5, 5.41) is 11.6. The Kier molecular flexibility index (Phi) is 6.44. The van der Waals surface area contributed by atoms with E-state index in [4.69, 9.17) is 5.73 Å². The Hall–Kier alpha value is -2.91. The van der Waals surface area contributed by atoms with Crippen molar-refractivity contribution in [3.05, 3.63) is 106 Å². The summed E-state index contributed by atoms with van der Waals surface area (Å²) >= 11 is 0. The molecule has 0 aliphatic heterocycles. The summed E-state index contributed by atoms with van der Waals surface area (Å²) in [5.74, 6) is 1.67. The van der Waals surface area contributed by atoms with Crippen molar-refractivity contribution < 1.29 is 9.90 Å². The van der Waals surface area contributed by atoms with Crippen molar-refractivity contribution in [3.63, 3.8) is 0 Å². The number of hydrogen-bond acceptors (Lipinski definition) is 2. The standard InChI is InChI=1S/C34H39NO2/c1-34-17-16-29-28-14-12-23(11-10-22-6-3-2-4-7-22)18-25(28)13-15-30(29)31(34)21-27(32(34)36)20-24-8-5-9-26(19-24)33(35)37/h2-9,12,14,18-19,27,29-32,36H,10-11,13,15-17,20-21H2,1H3,(H2,35,37)/t27-,29?,30?,31?,32-,34-/m0/s1. The lowest BCUT2D eigenvalue weighted by Gasteiger charge is -2.50. The first-order valence-corrected chi connectivity index (χ1v) is 14.1. The molecule has 6 rings (SSSR count). The Morgan fingerprint density at radius 2 is 1.73 bits per heavy atom. The van der Waals surface area contributed by atoms with E-state index in [1.807, 2.05) is 12.1 Å². The number of nitrogens with two attached hydrogens (primary N) is 1. The predicted octanol–water partition coefficient (Wildman–Crippen LogP) is 6.26. The highest BCUT2D eigenvalue weighted by Crippen LogP contribution is 2.62. The van der Waals surface area contributed by atoms with E-state index < -0.39 is 0 Å². The number of rotatable bonds is 6. The van der Waals surface area contributed by atoms with Gasteiger partial charge in [-0.3, -0.25) is 4.79 Å². The van der Waals surface area contributed by atoms with Crippen LogP contribution in [0.25, 0.3) is 0 Å². The Morgan fingerprint density at radius 3 is 2.54 bits per heavy atom. The summed E-state index contributed by atoms with van der Waals surface area (Å²) in [4.78, 5) is 11.7. The monoisotopic (exact) mass is 493 g/mol. The van der Waals surface area contributed by atoms with Gasteiger partial charge in [-0.15, -0.1) is 0 Å². The maximum Gasteiger partial charge on any atom is 0.248 e. The van der Waals surface area contributed by atoms with E-state index >= 15 is 0 Å². The fourth-order valence-corrected chi connectivity index (χ4v) is 8.23. The zero-order valence-electron chi connectivity index (χ0n) is 21.9. The van der Waals surface area contributed by atoms with Gasteiger partial charge in [0, 0.05) is 5.56 Å². The van der Waals surface area contributed by atoms with Crippen molar-refractivity contribution in [3.8, 4) is 0 Å². The van der Waals surface area contributed by atoms with Gasteiger partial charge in [-0.2, -0.15) is 0 Å². The van der Waals surface area contributed by atoms with Crippen molar-refractivity contribution in [2.24, 2.45) is 28.9 Å². The molecule has 0 spiro atoms. The number of benzene rings is 3. The molecule has 0 radical (unpaired) electrons. The van der Waals surface area contributed by atoms with Gasteiger partial charge in [0.25, 0.3) is 0 Å². The molecule has 3 aliphatic carbocycles. The van der Waals surface area contributed by atoms with Crippen LogP contribution in [-0.4, -0.2) is 17.1 Å². The fourth-order valence-electron chi connectivity index (χ4n) is 8.23. The molecule has 3 nitrogen and oxygen atoms in total. The number of carbonyl (C=O) groups excluding carboxylic acids is 1. The normalized spacial score (nSPS) is 30.3. The molecule has 6 atom stereocenters. The molecule has 192 valence electrons. The van der Waals surface area contributed by atoms with Crippen LogP contribution in [0, 0.1) is 23.2 Å². The van der Waals surface area contributed by atoms with Crippen LogP contribution in [0.2, 0.25) is 0 Å². The van der Waals surface area contributed by atoms with Gasteiger partial charge in [0.1, 0.15) is 0 Å². The van der Waals surface area contributed by atoms with Crippen LogP contribution in [0.4, 0.5) is 0 Å². The maximum absolute atomic E-state index is 11.7. The van der Waals surface area contributed by atoms with Gasteiger partial charge in [0.15, 0.2) is 0 Å². The SMILES string of the molecule is C[C@]12CCC3c4ccc(CCc5ccccc5)cc4CCC3C1C[C@H](Cc1cccc(C(N)=O)c1)[C@@H]2O. The zero-order valence-corrected chi connectivity index (χ0v) is 21.9. The van der Waals surface area contributed by atoms with Crippen LogP contribution < -0.4 is 5.73 Å². The lowest BCUT2D eigenvalue weighted by Crippen LogP contribution is -2.44. The topological polar surface area (TPSA) is 63.3 Å². The average Bonchev–Trinajstić information content (AvgIpc) is 3.17. The molecular formula is C34H39NO2. The van der Waals surface area contributed by atoms with E-state index in [0.29, 0.717) is 23.3 Å². The first kappa shape index (κ1) is 24.4. The molecule has 1 amide bonds. The smallest absolute Gasteiger partial charge is 0.248 e. The lowest BCUT2D eigenvalue weighted by atomic mass is 9.55. The van der Waals surface area contributed by atoms with Crippen molar-refractivity contribution in [2.75, 3.05) is 0 Å². The third-order valence-corrected chi connectivity index (χ3v) is 10.2. The van der Waals surface area contributed by atoms with Crippen molar-refractivity contribution in [2.45, 2.75) is 70.3 Å². The second kappa shape index (κ2) is 9.76. The van der Waals surface area contributed by atoms with Crippen LogP contribution >= 0.6 is 0 Å². The second-order valence-electron chi connectivity index (χ2n) is 12.2. The van der Waals surface area contributed by atoms with Gasteiger partial charge in [-0.1, -0.05) is 67.6 Å². The maximum atomic E-state index is 11.7. The summed E-state index contributed by atoms with van der Waals surface area (Å²) in [7, 11) is 0. The summed E-state index contributed by atoms with van der Waals surface area (Å²) in [6, 6.07) is 25.7. The lowest BCUT2D eigenvalue weighted by molar-refractivity contribution is -0.0325. The minimum atomic E-state index is -0.388. The molecule has 3 aromatic carbocycles. The second-order valence-corrected chi connectivity index (χ2v) is 12.2. The predicted molar refractivity (Wildman–Crippen MR) is 148 cm³/mol. The highest BCUT2D eigenvalue weighted by atomic mass is 16.3. The van der Waals surface area contributed by atoms with Gasteiger partial charge in [0.2, 0.25) is 5.91 Å². The van der Waals surface area contributed by atoms with E-state index in [1.54, 1.807) is 17.2 Å². The molecule has 3 unspecified atom stereocenters. The summed E-state index contributed by atoms with van der Waals surface area (Å²) < 4.78 is 0. The van der Waals surface area contributed by atoms with Crippen LogP contribution in [0.15, 0.2) is 72.8 Å². The zero-order chi connectivity index (χ0) is 25.6. The number of hydrogen-bond donors (Lipinski definition) is 2. The van der Waals surface area contributed by atoms with Gasteiger partial charge >= 0.3 is 0 Å². The highest BCUT2D eigenvalue weighted by molar-refractivity contribution is 5.92. The molecule has 3 N–H and O–H groups in total. The summed E-state index contributed by atoms with van der Waals surface area (Å²) in [6.45, 7) is 2.35. The number of aliphatic hydroxyl groups excluding tert-OH is 1. The van der Waals surface area contributed by atoms with E-state index in [0.717, 1.165) is 44.1 Å². The Morgan fingerprint density at radius 1 is 0.946 bits per heavy atom. The van der Waals surface area contributed by atoms with Crippen LogP contribution in [0.1, 0.15) is 76.7 Å². The van der Waals surface area contributed by atoms with Gasteiger partial charge in [-0.05, 0) is 120 Å². The Labute approximate surface area is 221 Å². The number of primary amides is 1. The number of fused-ring (bicyclic) bond motifs is 5. The first-order chi connectivity index (χ1) is 17.9. The molecular weight excluding hydrogens is 454 g/mol. The third kappa shape index (κ3) is 4.52. The molecule has 37 heavy (non-hydrogen) atoms. The van der Waals surface area contributed by atoms with E-state index in [-0.39, 0.29) is 23.3 Å². The fraction of sp³-hybridized carbons (Fsp3) is 0.441. The largest absolute Gasteiger partial charge is 0.392 e. The molecule has 0 heterocycles. The number of aliphatic hydroxyl groups is 1. The summed E-state index contributed by atoms with van der Waals surface area (Å²) in [5.41, 5.74) is 13.2. The highest BCUT2D eigenvalue weighted by Gasteiger charge is 2.57. The van der Waals surface area contributed by atoms with Crippen LogP contribution in [0.3, 0.4) is 0 Å². The molecule has 2 saturated carbocycles. The number of aryl methyl sites for hydroxylation is 3. The van der Waals surface area contributed by atoms with E-state index in [1.165, 1.54) is 24.0 Å². The first-order valence-electron chi connectivity index (χ1n) is 14.1. The molecule has 0 bridgehead atoms. The molecule has 2 fully saturated rings. The molecule has 3 aliphatic rings. The van der Waals surface area contributed by atoms with Gasteiger partial charge in [-0.25, -0.2) is 0 Å². The molecule has 0 aromatic heterocycles. The van der Waals surface area contributed by atoms with Crippen molar-refractivity contribution in [1.29, 1.82) is 0 Å². The van der Waals surface area contributed by atoms with Crippen molar-refractivity contribution in [1.82, 2.24) is 0 Å². The minimum Gasteiger partial charge on any atom is -0.392 e. The van der Waals surface area contributed by atoms with E-state index in [9.17, 15) is 9.90 Å². The quantitative estimate of drug-likeness (QED) is 0.426. The summed E-state index contributed by atoms with van der Waals surface area (Å²) in [6.07, 6.45) is 8.43. The van der Waals surface area contributed by atoms with Crippen molar-refractivity contribution >= 4 is 5.91 Å².